The van der Waals surface area contributed by atoms with E-state index in [4.69, 9.17) is 0 Å². The van der Waals surface area contributed by atoms with E-state index >= 15 is 0 Å². The monoisotopic (exact) mass is 386 g/mol. The van der Waals surface area contributed by atoms with E-state index in [2.05, 4.69) is 15.3 Å². The van der Waals surface area contributed by atoms with Crippen LogP contribution in [-0.2, 0) is 10.0 Å². The molecule has 1 aromatic carbocycles. The van der Waals surface area contributed by atoms with Gasteiger partial charge in [-0.05, 0) is 37.1 Å². The normalized spacial score (nSPS) is 15.2. The minimum absolute atomic E-state index is 0.338. The van der Waals surface area contributed by atoms with Gasteiger partial charge in [-0.2, -0.15) is 4.31 Å². The molecule has 26 heavy (non-hydrogen) atoms. The van der Waals surface area contributed by atoms with E-state index in [1.807, 2.05) is 35.7 Å². The molecule has 134 valence electrons. The van der Waals surface area contributed by atoms with Crippen molar-refractivity contribution in [2.75, 3.05) is 18.4 Å². The number of pyridine rings is 1. The number of nitrogens with one attached hydrogen (secondary N) is 1. The maximum atomic E-state index is 12.6. The Kier molecular flexibility index (Phi) is 4.71. The summed E-state index contributed by atoms with van der Waals surface area (Å²) in [6.45, 7) is 1.22. The van der Waals surface area contributed by atoms with Crippen LogP contribution in [0.3, 0.4) is 0 Å². The number of rotatable bonds is 5. The van der Waals surface area contributed by atoms with Crippen molar-refractivity contribution in [2.45, 2.75) is 17.7 Å². The number of sulfonamides is 1. The van der Waals surface area contributed by atoms with Crippen LogP contribution in [-0.4, -0.2) is 35.8 Å². The molecule has 6 nitrogen and oxygen atoms in total. The molecule has 4 rings (SSSR count). The number of anilines is 2. The van der Waals surface area contributed by atoms with Gasteiger partial charge in [0.2, 0.25) is 10.0 Å². The lowest BCUT2D eigenvalue weighted by molar-refractivity contribution is 0.477. The van der Waals surface area contributed by atoms with Crippen molar-refractivity contribution in [3.63, 3.8) is 0 Å². The largest absolute Gasteiger partial charge is 0.316 e. The Morgan fingerprint density at radius 3 is 2.50 bits per heavy atom. The SMILES string of the molecule is O=S(=O)(c1ccc(-c2csc(Nc3ccccn3)n2)cc1)N1CCCC1. The fraction of sp³-hybridized carbons (Fsp3) is 0.222. The first-order chi connectivity index (χ1) is 12.6. The van der Waals surface area contributed by atoms with Gasteiger partial charge < -0.3 is 5.32 Å². The van der Waals surface area contributed by atoms with Crippen LogP contribution < -0.4 is 5.32 Å². The molecule has 1 N–H and O–H groups in total. The van der Waals surface area contributed by atoms with E-state index < -0.39 is 10.0 Å². The Balaban J connectivity index is 1.52. The molecular formula is C18H18N4O2S2. The summed E-state index contributed by atoms with van der Waals surface area (Å²) in [5, 5.41) is 5.84. The molecule has 1 aliphatic rings. The maximum Gasteiger partial charge on any atom is 0.243 e. The van der Waals surface area contributed by atoms with Gasteiger partial charge in [0.05, 0.1) is 10.6 Å². The van der Waals surface area contributed by atoms with Gasteiger partial charge in [0.15, 0.2) is 5.13 Å². The van der Waals surface area contributed by atoms with E-state index in [0.717, 1.165) is 35.0 Å². The molecule has 3 heterocycles. The van der Waals surface area contributed by atoms with Crippen molar-refractivity contribution < 1.29 is 8.42 Å². The van der Waals surface area contributed by atoms with Crippen LogP contribution in [0.2, 0.25) is 0 Å². The predicted molar refractivity (Wildman–Crippen MR) is 103 cm³/mol. The van der Waals surface area contributed by atoms with E-state index in [9.17, 15) is 8.42 Å². The van der Waals surface area contributed by atoms with Gasteiger partial charge in [-0.1, -0.05) is 18.2 Å². The van der Waals surface area contributed by atoms with Crippen molar-refractivity contribution >= 4 is 32.3 Å². The average molecular weight is 387 g/mol. The summed E-state index contributed by atoms with van der Waals surface area (Å²) >= 11 is 1.48. The second-order valence-corrected chi connectivity index (χ2v) is 8.81. The van der Waals surface area contributed by atoms with Crippen molar-refractivity contribution in [1.29, 1.82) is 0 Å². The van der Waals surface area contributed by atoms with Crippen molar-refractivity contribution in [3.05, 3.63) is 54.0 Å². The van der Waals surface area contributed by atoms with Crippen LogP contribution in [0.25, 0.3) is 11.3 Å². The molecule has 0 saturated carbocycles. The lowest BCUT2D eigenvalue weighted by Gasteiger charge is -2.15. The summed E-state index contributed by atoms with van der Waals surface area (Å²) < 4.78 is 26.7. The Labute approximate surface area is 156 Å². The number of hydrogen-bond acceptors (Lipinski definition) is 6. The van der Waals surface area contributed by atoms with Gasteiger partial charge in [0.1, 0.15) is 5.82 Å². The lowest BCUT2D eigenvalue weighted by atomic mass is 10.2. The van der Waals surface area contributed by atoms with Gasteiger partial charge in [0.25, 0.3) is 0 Å². The predicted octanol–water partition coefficient (Wildman–Crippen LogP) is 3.73. The van der Waals surface area contributed by atoms with E-state index in [1.165, 1.54) is 11.3 Å². The lowest BCUT2D eigenvalue weighted by Crippen LogP contribution is -2.27. The molecule has 1 saturated heterocycles. The molecule has 0 spiro atoms. The zero-order chi connectivity index (χ0) is 18.0. The zero-order valence-electron chi connectivity index (χ0n) is 14.0. The van der Waals surface area contributed by atoms with Crippen molar-refractivity contribution in [2.24, 2.45) is 0 Å². The number of hydrogen-bond donors (Lipinski definition) is 1. The van der Waals surface area contributed by atoms with Gasteiger partial charge >= 0.3 is 0 Å². The smallest absolute Gasteiger partial charge is 0.243 e. The van der Waals surface area contributed by atoms with Crippen LogP contribution in [0, 0.1) is 0 Å². The standard InChI is InChI=1S/C18H18N4O2S2/c23-26(24,22-11-3-4-12-22)15-8-6-14(7-9-15)16-13-25-18(20-16)21-17-5-1-2-10-19-17/h1-2,5-10,13H,3-4,11-12H2,(H,19,20,21). The quantitative estimate of drug-likeness (QED) is 0.723. The highest BCUT2D eigenvalue weighted by atomic mass is 32.2. The van der Waals surface area contributed by atoms with Crippen LogP contribution in [0.5, 0.6) is 0 Å². The molecule has 2 aromatic heterocycles. The second kappa shape index (κ2) is 7.14. The number of benzene rings is 1. The van der Waals surface area contributed by atoms with Crippen molar-refractivity contribution in [3.8, 4) is 11.3 Å². The van der Waals surface area contributed by atoms with Gasteiger partial charge in [-0.15, -0.1) is 11.3 Å². The number of thiazole rings is 1. The first kappa shape index (κ1) is 17.1. The number of aromatic nitrogens is 2. The topological polar surface area (TPSA) is 75.2 Å². The third-order valence-corrected chi connectivity index (χ3v) is 6.93. The minimum Gasteiger partial charge on any atom is -0.316 e. The molecule has 0 amide bonds. The second-order valence-electron chi connectivity index (χ2n) is 6.01. The van der Waals surface area contributed by atoms with E-state index in [0.29, 0.717) is 18.0 Å². The highest BCUT2D eigenvalue weighted by Crippen LogP contribution is 2.28. The molecule has 0 bridgehead atoms. The Bertz CT molecular complexity index is 980. The molecule has 1 aliphatic heterocycles. The summed E-state index contributed by atoms with van der Waals surface area (Å²) in [4.78, 5) is 9.11. The fourth-order valence-electron chi connectivity index (χ4n) is 2.89. The summed E-state index contributed by atoms with van der Waals surface area (Å²) in [6, 6.07) is 12.6. The van der Waals surface area contributed by atoms with E-state index in [-0.39, 0.29) is 0 Å². The summed E-state index contributed by atoms with van der Waals surface area (Å²) in [6.07, 6.45) is 3.58. The molecule has 1 fully saturated rings. The van der Waals surface area contributed by atoms with Crippen LogP contribution >= 0.6 is 11.3 Å². The third-order valence-electron chi connectivity index (χ3n) is 4.26. The Morgan fingerprint density at radius 2 is 1.81 bits per heavy atom. The maximum absolute atomic E-state index is 12.6. The first-order valence-corrected chi connectivity index (χ1v) is 10.7. The molecule has 0 unspecified atom stereocenters. The molecule has 0 radical (unpaired) electrons. The molecule has 8 heteroatoms. The average Bonchev–Trinajstić information content (AvgIpc) is 3.35. The van der Waals surface area contributed by atoms with Gasteiger partial charge in [-0.3, -0.25) is 0 Å². The molecular weight excluding hydrogens is 368 g/mol. The highest BCUT2D eigenvalue weighted by molar-refractivity contribution is 7.89. The van der Waals surface area contributed by atoms with Crippen LogP contribution in [0.4, 0.5) is 10.9 Å². The zero-order valence-corrected chi connectivity index (χ0v) is 15.6. The van der Waals surface area contributed by atoms with Gasteiger partial charge in [0, 0.05) is 30.2 Å². The highest BCUT2D eigenvalue weighted by Gasteiger charge is 2.26. The number of nitrogens with zero attached hydrogens (tertiary/aromatic N) is 3. The summed E-state index contributed by atoms with van der Waals surface area (Å²) in [7, 11) is -3.38. The van der Waals surface area contributed by atoms with Crippen molar-refractivity contribution in [1.82, 2.24) is 14.3 Å². The van der Waals surface area contributed by atoms with Crippen LogP contribution in [0.1, 0.15) is 12.8 Å². The molecule has 3 aromatic rings. The third kappa shape index (κ3) is 3.48. The van der Waals surface area contributed by atoms with Gasteiger partial charge in [-0.25, -0.2) is 18.4 Å². The molecule has 0 aliphatic carbocycles. The Morgan fingerprint density at radius 1 is 1.04 bits per heavy atom. The minimum atomic E-state index is -3.38. The van der Waals surface area contributed by atoms with E-state index in [1.54, 1.807) is 22.6 Å². The summed E-state index contributed by atoms with van der Waals surface area (Å²) in [5.41, 5.74) is 1.69. The Hall–Kier alpha value is -2.29. The summed E-state index contributed by atoms with van der Waals surface area (Å²) in [5.74, 6) is 0.737. The van der Waals surface area contributed by atoms with Crippen LogP contribution in [0.15, 0.2) is 58.9 Å². The molecule has 0 atom stereocenters. The fourth-order valence-corrected chi connectivity index (χ4v) is 5.13. The first-order valence-electron chi connectivity index (χ1n) is 8.37.